The van der Waals surface area contributed by atoms with Crippen LogP contribution in [0.3, 0.4) is 0 Å². The summed E-state index contributed by atoms with van der Waals surface area (Å²) >= 11 is 0. The van der Waals surface area contributed by atoms with E-state index in [1.54, 1.807) is 0 Å². The molecule has 1 amide bonds. The number of aromatic nitrogens is 2. The third-order valence-corrected chi connectivity index (χ3v) is 4.95. The number of carbonyl (C=O) groups is 1. The van der Waals surface area contributed by atoms with Crippen LogP contribution in [0.25, 0.3) is 11.3 Å². The smallest absolute Gasteiger partial charge is 0.227 e. The fourth-order valence-electron chi connectivity index (χ4n) is 3.29. The van der Waals surface area contributed by atoms with Gasteiger partial charge < -0.3 is 10.2 Å². The molecule has 5 heteroatoms. The second kappa shape index (κ2) is 7.21. The van der Waals surface area contributed by atoms with Gasteiger partial charge in [0, 0.05) is 30.3 Å². The van der Waals surface area contributed by atoms with E-state index in [1.807, 2.05) is 30.3 Å². The van der Waals surface area contributed by atoms with Crippen molar-refractivity contribution >= 4 is 17.4 Å². The summed E-state index contributed by atoms with van der Waals surface area (Å²) in [5.74, 6) is 1.29. The lowest BCUT2D eigenvalue weighted by Crippen LogP contribution is -2.25. The second-order valence-electron chi connectivity index (χ2n) is 7.02. The normalized spacial score (nSPS) is 17.8. The van der Waals surface area contributed by atoms with Crippen molar-refractivity contribution in [1.29, 1.82) is 0 Å². The summed E-state index contributed by atoms with van der Waals surface area (Å²) in [5, 5.41) is 11.8. The van der Waals surface area contributed by atoms with E-state index in [1.165, 1.54) is 25.7 Å². The Hall–Kier alpha value is -2.43. The molecule has 5 nitrogen and oxygen atoms in total. The first-order valence-electron chi connectivity index (χ1n) is 9.29. The van der Waals surface area contributed by atoms with Crippen LogP contribution < -0.4 is 10.2 Å². The van der Waals surface area contributed by atoms with Crippen molar-refractivity contribution in [3.05, 3.63) is 36.4 Å². The van der Waals surface area contributed by atoms with E-state index < -0.39 is 0 Å². The number of hydrogen-bond donors (Lipinski definition) is 1. The summed E-state index contributed by atoms with van der Waals surface area (Å²) in [5.41, 5.74) is 2.64. The predicted molar refractivity (Wildman–Crippen MR) is 99.5 cm³/mol. The van der Waals surface area contributed by atoms with E-state index in [9.17, 15) is 4.79 Å². The van der Waals surface area contributed by atoms with Crippen molar-refractivity contribution in [3.63, 3.8) is 0 Å². The molecule has 4 rings (SSSR count). The molecule has 1 N–H and O–H groups in total. The Bertz CT molecular complexity index is 732. The molecule has 1 aromatic carbocycles. The highest BCUT2D eigenvalue weighted by molar-refractivity contribution is 5.94. The number of hydrogen-bond acceptors (Lipinski definition) is 4. The van der Waals surface area contributed by atoms with Gasteiger partial charge in [0.15, 0.2) is 5.82 Å². The predicted octanol–water partition coefficient (Wildman–Crippen LogP) is 3.87. The molecule has 2 fully saturated rings. The van der Waals surface area contributed by atoms with Gasteiger partial charge in [-0.1, -0.05) is 25.0 Å². The third kappa shape index (κ3) is 3.98. The molecule has 1 aliphatic heterocycles. The Morgan fingerprint density at radius 1 is 1.00 bits per heavy atom. The van der Waals surface area contributed by atoms with Crippen molar-refractivity contribution in [2.75, 3.05) is 23.3 Å². The zero-order valence-corrected chi connectivity index (χ0v) is 14.4. The molecular weight excluding hydrogens is 312 g/mol. The lowest BCUT2D eigenvalue weighted by molar-refractivity contribution is -0.117. The van der Waals surface area contributed by atoms with E-state index in [4.69, 9.17) is 0 Å². The maximum absolute atomic E-state index is 11.9. The van der Waals surface area contributed by atoms with Crippen molar-refractivity contribution in [2.45, 2.75) is 38.5 Å². The van der Waals surface area contributed by atoms with Gasteiger partial charge in [-0.2, -0.15) is 0 Å². The van der Waals surface area contributed by atoms with Gasteiger partial charge in [-0.15, -0.1) is 10.2 Å². The van der Waals surface area contributed by atoms with Gasteiger partial charge in [0.2, 0.25) is 5.91 Å². The highest BCUT2D eigenvalue weighted by Crippen LogP contribution is 2.30. The number of carbonyl (C=O) groups excluding carboxylic acids is 1. The molecule has 2 aromatic rings. The molecule has 2 aliphatic rings. The lowest BCUT2D eigenvalue weighted by Gasteiger charge is -2.20. The molecule has 0 radical (unpaired) electrons. The minimum absolute atomic E-state index is 0.125. The number of benzene rings is 1. The fraction of sp³-hybridized carbons (Fsp3) is 0.450. The highest BCUT2D eigenvalue weighted by Gasteiger charge is 2.29. The van der Waals surface area contributed by atoms with Crippen LogP contribution in [0, 0.1) is 5.92 Å². The van der Waals surface area contributed by atoms with Gasteiger partial charge in [0.05, 0.1) is 5.69 Å². The largest absolute Gasteiger partial charge is 0.355 e. The maximum Gasteiger partial charge on any atom is 0.227 e. The summed E-state index contributed by atoms with van der Waals surface area (Å²) < 4.78 is 0. The molecule has 1 saturated carbocycles. The Morgan fingerprint density at radius 2 is 1.80 bits per heavy atom. The van der Waals surface area contributed by atoms with Gasteiger partial charge in [-0.25, -0.2) is 0 Å². The molecule has 1 aliphatic carbocycles. The van der Waals surface area contributed by atoms with Crippen LogP contribution >= 0.6 is 0 Å². The molecular formula is C20H24N4O. The van der Waals surface area contributed by atoms with Gasteiger partial charge in [-0.3, -0.25) is 4.79 Å². The van der Waals surface area contributed by atoms with Crippen LogP contribution in [0.15, 0.2) is 36.4 Å². The molecule has 0 atom stereocenters. The molecule has 1 aromatic heterocycles. The molecule has 1 saturated heterocycles. The first-order valence-corrected chi connectivity index (χ1v) is 9.29. The molecule has 0 bridgehead atoms. The van der Waals surface area contributed by atoms with E-state index in [0.717, 1.165) is 48.7 Å². The summed E-state index contributed by atoms with van der Waals surface area (Å²) in [6.45, 7) is 2.13. The van der Waals surface area contributed by atoms with Crippen molar-refractivity contribution in [3.8, 4) is 11.3 Å². The summed E-state index contributed by atoms with van der Waals surface area (Å²) in [6, 6.07) is 11.9. The molecule has 0 spiro atoms. The number of anilines is 2. The van der Waals surface area contributed by atoms with Crippen LogP contribution in [0.5, 0.6) is 0 Å². The Kier molecular flexibility index (Phi) is 4.63. The average molecular weight is 336 g/mol. The number of nitrogens with zero attached hydrogens (tertiary/aromatic N) is 3. The van der Waals surface area contributed by atoms with Crippen molar-refractivity contribution in [2.24, 2.45) is 5.92 Å². The topological polar surface area (TPSA) is 58.1 Å². The quantitative estimate of drug-likeness (QED) is 0.921. The third-order valence-electron chi connectivity index (χ3n) is 4.95. The molecule has 25 heavy (non-hydrogen) atoms. The first kappa shape index (κ1) is 16.1. The zero-order chi connectivity index (χ0) is 17.1. The second-order valence-corrected chi connectivity index (χ2v) is 7.02. The van der Waals surface area contributed by atoms with E-state index in [0.29, 0.717) is 0 Å². The maximum atomic E-state index is 11.9. The minimum Gasteiger partial charge on any atom is -0.355 e. The Labute approximate surface area is 148 Å². The average Bonchev–Trinajstić information content (AvgIpc) is 3.49. The Morgan fingerprint density at radius 3 is 2.48 bits per heavy atom. The standard InChI is InChI=1S/C20H24N4O/c25-20(15-8-9-15)21-17-7-5-6-16(14-17)18-10-11-19(23-22-18)24-12-3-1-2-4-13-24/h5-7,10-11,14-15H,1-4,8-9,12-13H2,(H,21,25). The van der Waals surface area contributed by atoms with Crippen LogP contribution in [-0.2, 0) is 4.79 Å². The van der Waals surface area contributed by atoms with Gasteiger partial charge in [-0.05, 0) is 49.9 Å². The fourth-order valence-corrected chi connectivity index (χ4v) is 3.29. The van der Waals surface area contributed by atoms with E-state index in [-0.39, 0.29) is 11.8 Å². The highest BCUT2D eigenvalue weighted by atomic mass is 16.2. The van der Waals surface area contributed by atoms with E-state index in [2.05, 4.69) is 26.5 Å². The van der Waals surface area contributed by atoms with Gasteiger partial charge >= 0.3 is 0 Å². The first-order chi connectivity index (χ1) is 12.3. The van der Waals surface area contributed by atoms with Crippen molar-refractivity contribution < 1.29 is 4.79 Å². The summed E-state index contributed by atoms with van der Waals surface area (Å²) in [7, 11) is 0. The SMILES string of the molecule is O=C(Nc1cccc(-c2ccc(N3CCCCCC3)nn2)c1)C1CC1. The van der Waals surface area contributed by atoms with Crippen LogP contribution in [0.1, 0.15) is 38.5 Å². The number of amides is 1. The molecule has 130 valence electrons. The monoisotopic (exact) mass is 336 g/mol. The minimum atomic E-state index is 0.125. The van der Waals surface area contributed by atoms with Crippen LogP contribution in [0.4, 0.5) is 11.5 Å². The van der Waals surface area contributed by atoms with Gasteiger partial charge in [0.1, 0.15) is 0 Å². The zero-order valence-electron chi connectivity index (χ0n) is 14.4. The van der Waals surface area contributed by atoms with E-state index >= 15 is 0 Å². The molecule has 0 unspecified atom stereocenters. The van der Waals surface area contributed by atoms with Crippen LogP contribution in [0.2, 0.25) is 0 Å². The number of rotatable bonds is 4. The number of nitrogens with one attached hydrogen (secondary N) is 1. The van der Waals surface area contributed by atoms with Gasteiger partial charge in [0.25, 0.3) is 0 Å². The van der Waals surface area contributed by atoms with Crippen LogP contribution in [-0.4, -0.2) is 29.2 Å². The molecule has 2 heterocycles. The Balaban J connectivity index is 1.48. The summed E-state index contributed by atoms with van der Waals surface area (Å²) in [4.78, 5) is 14.3. The van der Waals surface area contributed by atoms with Crippen molar-refractivity contribution in [1.82, 2.24) is 10.2 Å². The summed E-state index contributed by atoms with van der Waals surface area (Å²) in [6.07, 6.45) is 7.09. The lowest BCUT2D eigenvalue weighted by atomic mass is 10.1.